The van der Waals surface area contributed by atoms with Gasteiger partial charge in [0.25, 0.3) is 0 Å². The van der Waals surface area contributed by atoms with Gasteiger partial charge in [-0.15, -0.1) is 0 Å². The molecule has 1 saturated heterocycles. The van der Waals surface area contributed by atoms with Crippen molar-refractivity contribution in [2.45, 2.75) is 12.5 Å². The second-order valence-corrected chi connectivity index (χ2v) is 3.71. The van der Waals surface area contributed by atoms with Crippen molar-refractivity contribution in [2.24, 2.45) is 0 Å². The van der Waals surface area contributed by atoms with Crippen molar-refractivity contribution in [3.63, 3.8) is 0 Å². The minimum Gasteiger partial charge on any atom is -0.380 e. The summed E-state index contributed by atoms with van der Waals surface area (Å²) in [6, 6.07) is 1.85. The zero-order valence-corrected chi connectivity index (χ0v) is 8.01. The fourth-order valence-electron chi connectivity index (χ4n) is 1.27. The Morgan fingerprint density at radius 1 is 1.62 bits per heavy atom. The molecule has 1 N–H and O–H groups in total. The van der Waals surface area contributed by atoms with Crippen LogP contribution in [0.5, 0.6) is 0 Å². The fraction of sp³-hybridized carbons (Fsp3) is 0.444. The molecule has 0 amide bonds. The lowest BCUT2D eigenvalue weighted by Crippen LogP contribution is -2.46. The molecule has 2 rings (SSSR count). The average Bonchev–Trinajstić information content (AvgIpc) is 2.06. The predicted molar refractivity (Wildman–Crippen MR) is 48.7 cm³/mol. The molecule has 0 saturated carbocycles. The van der Waals surface area contributed by atoms with E-state index in [2.05, 4.69) is 4.98 Å². The zero-order chi connectivity index (χ0) is 9.47. The number of nitrogens with zero attached hydrogens (tertiary/aromatic N) is 1. The van der Waals surface area contributed by atoms with Crippen LogP contribution in [-0.2, 0) is 10.3 Å². The van der Waals surface area contributed by atoms with E-state index < -0.39 is 5.60 Å². The number of hydrogen-bond donors (Lipinski definition) is 1. The van der Waals surface area contributed by atoms with E-state index in [1.807, 2.05) is 13.0 Å². The van der Waals surface area contributed by atoms with Gasteiger partial charge in [0.1, 0.15) is 10.8 Å². The van der Waals surface area contributed by atoms with Crippen molar-refractivity contribution in [2.75, 3.05) is 13.2 Å². The third kappa shape index (κ3) is 1.43. The van der Waals surface area contributed by atoms with Gasteiger partial charge in [-0.2, -0.15) is 0 Å². The summed E-state index contributed by atoms with van der Waals surface area (Å²) < 4.78 is 4.95. The summed E-state index contributed by atoms with van der Waals surface area (Å²) in [6.45, 7) is 2.55. The van der Waals surface area contributed by atoms with Crippen LogP contribution in [0.1, 0.15) is 11.1 Å². The van der Waals surface area contributed by atoms with Crippen molar-refractivity contribution in [3.05, 3.63) is 28.5 Å². The topological polar surface area (TPSA) is 42.4 Å². The van der Waals surface area contributed by atoms with Crippen LogP contribution >= 0.6 is 11.6 Å². The van der Waals surface area contributed by atoms with Crippen molar-refractivity contribution in [1.82, 2.24) is 4.98 Å². The molecule has 0 unspecified atom stereocenters. The van der Waals surface area contributed by atoms with E-state index in [1.54, 1.807) is 6.20 Å². The van der Waals surface area contributed by atoms with Crippen LogP contribution in [0.3, 0.4) is 0 Å². The van der Waals surface area contributed by atoms with Crippen LogP contribution in [0.15, 0.2) is 12.3 Å². The van der Waals surface area contributed by atoms with E-state index in [0.29, 0.717) is 18.4 Å². The first-order chi connectivity index (χ1) is 6.12. The molecule has 1 aromatic rings. The minimum absolute atomic E-state index is 0.343. The Hall–Kier alpha value is -0.640. The van der Waals surface area contributed by atoms with Crippen LogP contribution in [0.2, 0.25) is 5.15 Å². The number of aliphatic hydroxyl groups is 1. The second-order valence-electron chi connectivity index (χ2n) is 3.36. The number of aromatic nitrogens is 1. The first-order valence-electron chi connectivity index (χ1n) is 4.04. The van der Waals surface area contributed by atoms with E-state index in [9.17, 15) is 5.11 Å². The Morgan fingerprint density at radius 3 is 2.77 bits per heavy atom. The standard InChI is InChI=1S/C9H10ClNO2/c1-6-2-7(3-11-8(6)10)9(12)4-13-5-9/h2-3,12H,4-5H2,1H3. The fourth-order valence-corrected chi connectivity index (χ4v) is 1.38. The lowest BCUT2D eigenvalue weighted by atomic mass is 9.93. The van der Waals surface area contributed by atoms with E-state index in [0.717, 1.165) is 11.1 Å². The van der Waals surface area contributed by atoms with Gasteiger partial charge in [0.2, 0.25) is 0 Å². The Bertz CT molecular complexity index is 336. The highest BCUT2D eigenvalue weighted by molar-refractivity contribution is 6.30. The summed E-state index contributed by atoms with van der Waals surface area (Å²) in [7, 11) is 0. The molecule has 4 heteroatoms. The molecule has 13 heavy (non-hydrogen) atoms. The molecule has 0 atom stereocenters. The summed E-state index contributed by atoms with van der Waals surface area (Å²) in [5.74, 6) is 0. The lowest BCUT2D eigenvalue weighted by Gasteiger charge is -2.36. The van der Waals surface area contributed by atoms with Gasteiger partial charge in [-0.05, 0) is 18.6 Å². The van der Waals surface area contributed by atoms with E-state index in [4.69, 9.17) is 16.3 Å². The molecule has 0 radical (unpaired) electrons. The Kier molecular flexibility index (Phi) is 2.02. The minimum atomic E-state index is -0.845. The first kappa shape index (κ1) is 8.94. The van der Waals surface area contributed by atoms with Gasteiger partial charge in [-0.3, -0.25) is 0 Å². The predicted octanol–water partition coefficient (Wildman–Crippen LogP) is 1.26. The summed E-state index contributed by atoms with van der Waals surface area (Å²) in [5.41, 5.74) is 0.808. The first-order valence-corrected chi connectivity index (χ1v) is 4.42. The van der Waals surface area contributed by atoms with Gasteiger partial charge in [-0.25, -0.2) is 4.98 Å². The number of rotatable bonds is 1. The normalized spacial score (nSPS) is 19.6. The van der Waals surface area contributed by atoms with Crippen molar-refractivity contribution >= 4 is 11.6 Å². The summed E-state index contributed by atoms with van der Waals surface area (Å²) in [6.07, 6.45) is 1.60. The quantitative estimate of drug-likeness (QED) is 0.693. The van der Waals surface area contributed by atoms with Gasteiger partial charge < -0.3 is 9.84 Å². The zero-order valence-electron chi connectivity index (χ0n) is 7.25. The highest BCUT2D eigenvalue weighted by Crippen LogP contribution is 2.30. The Morgan fingerprint density at radius 2 is 2.31 bits per heavy atom. The maximum absolute atomic E-state index is 9.89. The van der Waals surface area contributed by atoms with E-state index in [-0.39, 0.29) is 0 Å². The molecule has 0 aromatic carbocycles. The Labute approximate surface area is 81.3 Å². The summed E-state index contributed by atoms with van der Waals surface area (Å²) in [4.78, 5) is 3.98. The molecular weight excluding hydrogens is 190 g/mol. The largest absolute Gasteiger partial charge is 0.380 e. The smallest absolute Gasteiger partial charge is 0.137 e. The van der Waals surface area contributed by atoms with Gasteiger partial charge >= 0.3 is 0 Å². The monoisotopic (exact) mass is 199 g/mol. The van der Waals surface area contributed by atoms with Crippen LogP contribution in [0, 0.1) is 6.92 Å². The number of halogens is 1. The molecule has 1 aromatic heterocycles. The molecule has 70 valence electrons. The van der Waals surface area contributed by atoms with E-state index in [1.165, 1.54) is 0 Å². The third-order valence-electron chi connectivity index (χ3n) is 2.23. The maximum Gasteiger partial charge on any atom is 0.137 e. The Balaban J connectivity index is 2.36. The van der Waals surface area contributed by atoms with Gasteiger partial charge in [-0.1, -0.05) is 11.6 Å². The van der Waals surface area contributed by atoms with Crippen molar-refractivity contribution < 1.29 is 9.84 Å². The van der Waals surface area contributed by atoms with Gasteiger partial charge in [0.05, 0.1) is 13.2 Å². The number of hydrogen-bond acceptors (Lipinski definition) is 3. The highest BCUT2D eigenvalue weighted by atomic mass is 35.5. The average molecular weight is 200 g/mol. The molecular formula is C9H10ClNO2. The molecule has 2 heterocycles. The maximum atomic E-state index is 9.89. The number of ether oxygens (including phenoxy) is 1. The lowest BCUT2D eigenvalue weighted by molar-refractivity contribution is -0.184. The van der Waals surface area contributed by atoms with Crippen LogP contribution in [0.25, 0.3) is 0 Å². The molecule has 1 fully saturated rings. The molecule has 0 spiro atoms. The molecule has 0 bridgehead atoms. The van der Waals surface area contributed by atoms with Gasteiger partial charge in [0.15, 0.2) is 0 Å². The van der Waals surface area contributed by atoms with Crippen LogP contribution in [-0.4, -0.2) is 23.3 Å². The number of aryl methyl sites for hydroxylation is 1. The van der Waals surface area contributed by atoms with Crippen molar-refractivity contribution in [1.29, 1.82) is 0 Å². The third-order valence-corrected chi connectivity index (χ3v) is 2.63. The van der Waals surface area contributed by atoms with Gasteiger partial charge in [0, 0.05) is 11.8 Å². The molecule has 1 aliphatic rings. The highest BCUT2D eigenvalue weighted by Gasteiger charge is 2.38. The number of pyridine rings is 1. The van der Waals surface area contributed by atoms with E-state index >= 15 is 0 Å². The second kappa shape index (κ2) is 2.94. The summed E-state index contributed by atoms with van der Waals surface area (Å²) in [5, 5.41) is 10.4. The van der Waals surface area contributed by atoms with Crippen molar-refractivity contribution in [3.8, 4) is 0 Å². The molecule has 1 aliphatic heterocycles. The van der Waals surface area contributed by atoms with Crippen LogP contribution < -0.4 is 0 Å². The van der Waals surface area contributed by atoms with Crippen LogP contribution in [0.4, 0.5) is 0 Å². The molecule has 0 aliphatic carbocycles. The summed E-state index contributed by atoms with van der Waals surface area (Å²) >= 11 is 5.77. The SMILES string of the molecule is Cc1cc(C2(O)COC2)cnc1Cl. The molecule has 3 nitrogen and oxygen atoms in total.